The molecule has 7 atom stereocenters. The third-order valence-electron chi connectivity index (χ3n) is 8.42. The van der Waals surface area contributed by atoms with Crippen LogP contribution in [0.1, 0.15) is 99.8 Å². The Hall–Kier alpha value is -3.26. The van der Waals surface area contributed by atoms with E-state index in [4.69, 9.17) is 4.74 Å². The molecular formula is C33H59N5O9. The summed E-state index contributed by atoms with van der Waals surface area (Å²) in [6, 6.07) is -5.16. The van der Waals surface area contributed by atoms with Crippen molar-refractivity contribution in [1.82, 2.24) is 26.2 Å². The van der Waals surface area contributed by atoms with Crippen LogP contribution in [-0.2, 0) is 33.5 Å². The minimum Gasteiger partial charge on any atom is -0.460 e. The van der Waals surface area contributed by atoms with Crippen molar-refractivity contribution in [2.75, 3.05) is 20.2 Å². The lowest BCUT2D eigenvalue weighted by Crippen LogP contribution is -2.61. The van der Waals surface area contributed by atoms with Crippen LogP contribution in [0.5, 0.6) is 0 Å². The first-order valence-electron chi connectivity index (χ1n) is 17.0. The van der Waals surface area contributed by atoms with Gasteiger partial charge < -0.3 is 41.1 Å². The molecule has 0 spiro atoms. The second-order valence-corrected chi connectivity index (χ2v) is 13.4. The quantitative estimate of drug-likeness (QED) is 0.128. The number of likely N-dealkylation sites (N-methyl/N-ethyl adjacent to an activating group) is 1. The summed E-state index contributed by atoms with van der Waals surface area (Å²) in [4.78, 5) is 81.2. The molecule has 0 radical (unpaired) electrons. The second-order valence-electron chi connectivity index (χ2n) is 13.4. The number of aliphatic hydroxyl groups is 2. The molecule has 0 bridgehead atoms. The van der Waals surface area contributed by atoms with Gasteiger partial charge in [-0.05, 0) is 38.0 Å². The predicted octanol–water partition coefficient (Wildman–Crippen LogP) is 0.771. The molecule has 270 valence electrons. The number of unbranched alkanes of at least 4 members (excludes halogenated alkanes) is 5. The van der Waals surface area contributed by atoms with Gasteiger partial charge in [0.15, 0.2) is 0 Å². The van der Waals surface area contributed by atoms with Gasteiger partial charge in [0, 0.05) is 7.05 Å². The number of ether oxygens (including phenoxy) is 1. The van der Waals surface area contributed by atoms with E-state index in [2.05, 4.69) is 28.2 Å². The Kier molecular flexibility index (Phi) is 18.5. The lowest BCUT2D eigenvalue weighted by molar-refractivity contribution is -0.157. The highest BCUT2D eigenvalue weighted by Crippen LogP contribution is 2.22. The number of nitrogens with one attached hydrogen (secondary N) is 4. The zero-order chi connectivity index (χ0) is 35.8. The van der Waals surface area contributed by atoms with Crippen molar-refractivity contribution in [1.29, 1.82) is 0 Å². The summed E-state index contributed by atoms with van der Waals surface area (Å²) in [7, 11) is 1.50. The molecule has 47 heavy (non-hydrogen) atoms. The highest BCUT2D eigenvalue weighted by molar-refractivity contribution is 5.96. The highest BCUT2D eigenvalue weighted by atomic mass is 16.5. The van der Waals surface area contributed by atoms with Crippen LogP contribution in [0, 0.1) is 17.8 Å². The topological polar surface area (TPSA) is 203 Å². The lowest BCUT2D eigenvalue weighted by Gasteiger charge is -2.34. The Morgan fingerprint density at radius 1 is 0.830 bits per heavy atom. The molecule has 1 fully saturated rings. The molecule has 2 unspecified atom stereocenters. The van der Waals surface area contributed by atoms with Crippen molar-refractivity contribution >= 4 is 35.5 Å². The normalized spacial score (nSPS) is 26.9. The molecule has 5 amide bonds. The third kappa shape index (κ3) is 13.8. The van der Waals surface area contributed by atoms with Crippen LogP contribution in [-0.4, -0.2) is 107 Å². The van der Waals surface area contributed by atoms with Gasteiger partial charge in [-0.25, -0.2) is 0 Å². The van der Waals surface area contributed by atoms with Gasteiger partial charge in [0.25, 0.3) is 0 Å². The zero-order valence-electron chi connectivity index (χ0n) is 29.5. The van der Waals surface area contributed by atoms with Gasteiger partial charge >= 0.3 is 5.97 Å². The number of hydrogen-bond acceptors (Lipinski definition) is 9. The molecule has 6 N–H and O–H groups in total. The fourth-order valence-electron chi connectivity index (χ4n) is 5.44. The molecule has 0 aromatic heterocycles. The van der Waals surface area contributed by atoms with E-state index < -0.39 is 96.9 Å². The summed E-state index contributed by atoms with van der Waals surface area (Å²) in [6.07, 6.45) is 4.27. The van der Waals surface area contributed by atoms with Crippen LogP contribution in [0.2, 0.25) is 0 Å². The first kappa shape index (κ1) is 41.8. The maximum atomic E-state index is 13.9. The Labute approximate surface area is 279 Å². The number of carbonyl (C=O) groups is 6. The Morgan fingerprint density at radius 2 is 1.43 bits per heavy atom. The first-order valence-corrected chi connectivity index (χ1v) is 17.0. The van der Waals surface area contributed by atoms with Gasteiger partial charge in [0.05, 0.1) is 18.6 Å². The maximum absolute atomic E-state index is 13.9. The van der Waals surface area contributed by atoms with E-state index in [0.29, 0.717) is 12.8 Å². The van der Waals surface area contributed by atoms with E-state index in [9.17, 15) is 39.0 Å². The number of rotatable bonds is 12. The summed E-state index contributed by atoms with van der Waals surface area (Å²) in [5.74, 6) is -5.74. The lowest BCUT2D eigenvalue weighted by atomic mass is 9.94. The van der Waals surface area contributed by atoms with Gasteiger partial charge in [-0.3, -0.25) is 28.8 Å². The van der Waals surface area contributed by atoms with Crippen LogP contribution in [0.25, 0.3) is 0 Å². The number of amides is 5. The largest absolute Gasteiger partial charge is 0.460 e. The molecule has 14 nitrogen and oxygen atoms in total. The zero-order valence-corrected chi connectivity index (χ0v) is 29.5. The molecule has 0 aromatic carbocycles. The minimum absolute atomic E-state index is 0.00562. The Bertz CT molecular complexity index is 1050. The summed E-state index contributed by atoms with van der Waals surface area (Å²) >= 11 is 0. The number of nitrogens with zero attached hydrogens (tertiary/aromatic N) is 1. The van der Waals surface area contributed by atoms with Gasteiger partial charge in [-0.15, -0.1) is 0 Å². The third-order valence-corrected chi connectivity index (χ3v) is 8.42. The summed E-state index contributed by atoms with van der Waals surface area (Å²) in [5, 5.41) is 29.9. The molecule has 1 aliphatic rings. The van der Waals surface area contributed by atoms with Gasteiger partial charge in [-0.1, -0.05) is 73.6 Å². The van der Waals surface area contributed by atoms with Crippen molar-refractivity contribution in [2.24, 2.45) is 17.8 Å². The Morgan fingerprint density at radius 3 is 1.98 bits per heavy atom. The Balaban J connectivity index is 3.53. The average Bonchev–Trinajstić information content (AvgIpc) is 3.01. The van der Waals surface area contributed by atoms with Crippen molar-refractivity contribution in [2.45, 2.75) is 136 Å². The molecule has 1 aliphatic heterocycles. The van der Waals surface area contributed by atoms with E-state index in [0.717, 1.165) is 32.1 Å². The number of aliphatic hydroxyl groups excluding tert-OH is 2. The number of hydrogen-bond donors (Lipinski definition) is 6. The second kappa shape index (κ2) is 20.9. The van der Waals surface area contributed by atoms with Crippen molar-refractivity contribution in [3.05, 3.63) is 0 Å². The number of cyclic esters (lactones) is 1. The van der Waals surface area contributed by atoms with Crippen molar-refractivity contribution in [3.8, 4) is 0 Å². The molecule has 1 rings (SSSR count). The van der Waals surface area contributed by atoms with Gasteiger partial charge in [-0.2, -0.15) is 0 Å². The summed E-state index contributed by atoms with van der Waals surface area (Å²) in [5.41, 5.74) is 0. The molecule has 0 saturated carbocycles. The SMILES string of the molecule is CCCCCCCCC1OC(=O)CNC(=O)[C@H]([C@H](C)O)NC(=O)[C@H](CO)NC(=O)[C@H](C(C)C)NC(=O)[C@H](CC(C)C)N(C)C(=O)C1C. The summed E-state index contributed by atoms with van der Waals surface area (Å²) < 4.78 is 5.74. The monoisotopic (exact) mass is 669 g/mol. The van der Waals surface area contributed by atoms with Crippen LogP contribution in [0.4, 0.5) is 0 Å². The minimum atomic E-state index is -1.53. The predicted molar refractivity (Wildman–Crippen MR) is 175 cm³/mol. The van der Waals surface area contributed by atoms with Crippen molar-refractivity contribution in [3.63, 3.8) is 0 Å². The number of esters is 1. The fourth-order valence-corrected chi connectivity index (χ4v) is 5.44. The smallest absolute Gasteiger partial charge is 0.325 e. The highest BCUT2D eigenvalue weighted by Gasteiger charge is 2.38. The maximum Gasteiger partial charge on any atom is 0.325 e. The molecule has 14 heteroatoms. The standard InChI is InChI=1S/C33H59N5O9/c1-9-10-11-12-13-14-15-25-21(6)33(46)38(8)24(16-19(2)3)30(43)36-27(20(4)5)32(45)35-23(18-39)29(42)37-28(22(7)40)31(44)34-17-26(41)47-25/h19-25,27-28,39-40H,9-18H2,1-8H3,(H,34,44)(H,35,45)(H,36,43)(H,37,42)/t21?,22-,23-,24-,25?,27-,28-/m0/s1. The molecule has 1 heterocycles. The molecule has 0 aliphatic carbocycles. The van der Waals surface area contributed by atoms with Crippen LogP contribution in [0.15, 0.2) is 0 Å². The van der Waals surface area contributed by atoms with Crippen LogP contribution in [0.3, 0.4) is 0 Å². The summed E-state index contributed by atoms with van der Waals surface area (Å²) in [6.45, 7) is 10.8. The van der Waals surface area contributed by atoms with E-state index in [-0.39, 0.29) is 12.3 Å². The molecule has 1 saturated heterocycles. The van der Waals surface area contributed by atoms with Gasteiger partial charge in [0.1, 0.15) is 36.8 Å². The first-order chi connectivity index (χ1) is 22.0. The molecule has 0 aromatic rings. The van der Waals surface area contributed by atoms with Gasteiger partial charge in [0.2, 0.25) is 29.5 Å². The van der Waals surface area contributed by atoms with E-state index in [1.54, 1.807) is 20.8 Å². The fraction of sp³-hybridized carbons (Fsp3) is 0.818. The number of carbonyl (C=O) groups excluding carboxylic acids is 6. The van der Waals surface area contributed by atoms with E-state index >= 15 is 0 Å². The van der Waals surface area contributed by atoms with Crippen LogP contribution < -0.4 is 21.3 Å². The van der Waals surface area contributed by atoms with Crippen LogP contribution >= 0.6 is 0 Å². The average molecular weight is 670 g/mol. The van der Waals surface area contributed by atoms with E-state index in [1.165, 1.54) is 18.9 Å². The van der Waals surface area contributed by atoms with E-state index in [1.807, 2.05) is 13.8 Å². The molecular weight excluding hydrogens is 610 g/mol. The van der Waals surface area contributed by atoms with Crippen molar-refractivity contribution < 1.29 is 43.7 Å².